The minimum Gasteiger partial charge on any atom is -0.462 e. The molecule has 2 aliphatic rings. The van der Waals surface area contributed by atoms with Gasteiger partial charge in [-0.25, -0.2) is 0 Å². The highest BCUT2D eigenvalue weighted by atomic mass is 16.6. The molecule has 2 nitrogen and oxygen atoms in total. The van der Waals surface area contributed by atoms with Gasteiger partial charge in [0.25, 0.3) is 0 Å². The largest absolute Gasteiger partial charge is 0.462 e. The maximum Gasteiger partial charge on any atom is 0.309 e. The zero-order valence-electron chi connectivity index (χ0n) is 10.8. The van der Waals surface area contributed by atoms with Gasteiger partial charge in [-0.1, -0.05) is 33.6 Å². The number of fused-ring (bicyclic) bond motifs is 1. The third kappa shape index (κ3) is 2.11. The zero-order chi connectivity index (χ0) is 11.8. The van der Waals surface area contributed by atoms with E-state index in [9.17, 15) is 4.79 Å². The van der Waals surface area contributed by atoms with Crippen molar-refractivity contribution in [2.45, 2.75) is 65.4 Å². The highest BCUT2D eigenvalue weighted by Gasteiger charge is 2.48. The smallest absolute Gasteiger partial charge is 0.309 e. The molecule has 0 radical (unpaired) electrons. The Labute approximate surface area is 98.7 Å². The molecule has 0 aromatic heterocycles. The molecule has 2 heteroatoms. The van der Waals surface area contributed by atoms with Crippen LogP contribution >= 0.6 is 0 Å². The van der Waals surface area contributed by atoms with Crippen LogP contribution in [0, 0.1) is 17.3 Å². The molecule has 0 aromatic carbocycles. The van der Waals surface area contributed by atoms with Gasteiger partial charge in [0.2, 0.25) is 0 Å². The Morgan fingerprint density at radius 2 is 2.25 bits per heavy atom. The molecule has 0 bridgehead atoms. The number of carbonyl (C=O) groups is 1. The monoisotopic (exact) mass is 224 g/mol. The summed E-state index contributed by atoms with van der Waals surface area (Å²) in [5.74, 6) is 0.678. The van der Waals surface area contributed by atoms with E-state index in [0.29, 0.717) is 11.3 Å². The fourth-order valence-electron chi connectivity index (χ4n) is 3.40. The summed E-state index contributed by atoms with van der Waals surface area (Å²) in [7, 11) is 0. The van der Waals surface area contributed by atoms with Gasteiger partial charge in [-0.3, -0.25) is 4.79 Å². The minimum absolute atomic E-state index is 0.0368. The lowest BCUT2D eigenvalue weighted by Gasteiger charge is -2.39. The number of unbranched alkanes of at least 4 members (excludes halogenated alkanes) is 1. The van der Waals surface area contributed by atoms with Gasteiger partial charge < -0.3 is 4.74 Å². The molecule has 3 unspecified atom stereocenters. The van der Waals surface area contributed by atoms with Crippen LogP contribution in [0.25, 0.3) is 0 Å². The normalized spacial score (nSPS) is 42.9. The SMILES string of the molecule is CCCCC1(C)CC[C@H]2C(C1)OC(=O)C2C. The van der Waals surface area contributed by atoms with Gasteiger partial charge in [-0.05, 0) is 31.1 Å². The van der Waals surface area contributed by atoms with Crippen molar-refractivity contribution >= 4 is 5.97 Å². The molecule has 16 heavy (non-hydrogen) atoms. The van der Waals surface area contributed by atoms with Gasteiger partial charge in [-0.2, -0.15) is 0 Å². The lowest BCUT2D eigenvalue weighted by Crippen LogP contribution is -2.34. The van der Waals surface area contributed by atoms with Crippen molar-refractivity contribution < 1.29 is 9.53 Å². The molecule has 4 atom stereocenters. The summed E-state index contributed by atoms with van der Waals surface area (Å²) < 4.78 is 5.51. The second-order valence-electron chi connectivity index (χ2n) is 6.08. The van der Waals surface area contributed by atoms with Crippen molar-refractivity contribution in [2.75, 3.05) is 0 Å². The minimum atomic E-state index is 0.0368. The number of hydrogen-bond donors (Lipinski definition) is 0. The van der Waals surface area contributed by atoms with Crippen molar-refractivity contribution in [1.82, 2.24) is 0 Å². The second kappa shape index (κ2) is 4.38. The summed E-state index contributed by atoms with van der Waals surface area (Å²) in [6.07, 6.45) is 7.62. The van der Waals surface area contributed by atoms with Crippen LogP contribution in [0.5, 0.6) is 0 Å². The predicted molar refractivity (Wildman–Crippen MR) is 64.0 cm³/mol. The summed E-state index contributed by atoms with van der Waals surface area (Å²) in [6, 6.07) is 0. The maximum absolute atomic E-state index is 11.5. The summed E-state index contributed by atoms with van der Waals surface area (Å²) in [5.41, 5.74) is 0.418. The first-order chi connectivity index (χ1) is 7.56. The predicted octanol–water partition coefficient (Wildman–Crippen LogP) is 3.54. The Morgan fingerprint density at radius 3 is 2.94 bits per heavy atom. The molecule has 0 amide bonds. The number of ether oxygens (including phenoxy) is 1. The first-order valence-corrected chi connectivity index (χ1v) is 6.76. The molecule has 0 aromatic rings. The standard InChI is InChI=1S/C14H24O2/c1-4-5-7-14(3)8-6-11-10(2)13(15)16-12(11)9-14/h10-12H,4-9H2,1-3H3/t10?,11-,12?,14?/m1/s1. The van der Waals surface area contributed by atoms with E-state index in [1.54, 1.807) is 0 Å². The molecule has 0 spiro atoms. The van der Waals surface area contributed by atoms with E-state index in [1.807, 2.05) is 6.92 Å². The Bertz CT molecular complexity index is 274. The van der Waals surface area contributed by atoms with Crippen molar-refractivity contribution in [3.63, 3.8) is 0 Å². The van der Waals surface area contributed by atoms with Crippen molar-refractivity contribution in [3.05, 3.63) is 0 Å². The first-order valence-electron chi connectivity index (χ1n) is 6.76. The summed E-state index contributed by atoms with van der Waals surface area (Å²) >= 11 is 0. The molecule has 92 valence electrons. The molecular weight excluding hydrogens is 200 g/mol. The van der Waals surface area contributed by atoms with Gasteiger partial charge in [0.05, 0.1) is 5.92 Å². The topological polar surface area (TPSA) is 26.3 Å². The molecule has 1 heterocycles. The average molecular weight is 224 g/mol. The molecule has 2 fully saturated rings. The molecule has 2 rings (SSSR count). The summed E-state index contributed by atoms with van der Waals surface area (Å²) in [5, 5.41) is 0. The second-order valence-corrected chi connectivity index (χ2v) is 6.08. The Kier molecular flexibility index (Phi) is 3.27. The van der Waals surface area contributed by atoms with E-state index in [2.05, 4.69) is 13.8 Å². The highest BCUT2D eigenvalue weighted by molar-refractivity contribution is 5.74. The Hall–Kier alpha value is -0.530. The number of hydrogen-bond acceptors (Lipinski definition) is 2. The van der Waals surface area contributed by atoms with Crippen LogP contribution in [0.3, 0.4) is 0 Å². The van der Waals surface area contributed by atoms with E-state index < -0.39 is 0 Å². The van der Waals surface area contributed by atoms with Crippen LogP contribution in [0.2, 0.25) is 0 Å². The highest BCUT2D eigenvalue weighted by Crippen LogP contribution is 2.48. The molecule has 1 saturated carbocycles. The van der Waals surface area contributed by atoms with Crippen molar-refractivity contribution in [1.29, 1.82) is 0 Å². The molecule has 0 N–H and O–H groups in total. The van der Waals surface area contributed by atoms with Crippen LogP contribution in [0.15, 0.2) is 0 Å². The summed E-state index contributed by atoms with van der Waals surface area (Å²) in [6.45, 7) is 6.64. The lowest BCUT2D eigenvalue weighted by molar-refractivity contribution is -0.145. The molecule has 1 aliphatic carbocycles. The molecule has 1 aliphatic heterocycles. The fraction of sp³-hybridized carbons (Fsp3) is 0.929. The van der Waals surface area contributed by atoms with Crippen LogP contribution in [0.1, 0.15) is 59.3 Å². The van der Waals surface area contributed by atoms with Gasteiger partial charge >= 0.3 is 5.97 Å². The zero-order valence-corrected chi connectivity index (χ0v) is 10.8. The number of rotatable bonds is 3. The van der Waals surface area contributed by atoms with Crippen LogP contribution in [-0.2, 0) is 9.53 Å². The van der Waals surface area contributed by atoms with E-state index in [-0.39, 0.29) is 18.0 Å². The number of esters is 1. The average Bonchev–Trinajstić information content (AvgIpc) is 2.51. The maximum atomic E-state index is 11.5. The van der Waals surface area contributed by atoms with E-state index in [1.165, 1.54) is 32.1 Å². The summed E-state index contributed by atoms with van der Waals surface area (Å²) in [4.78, 5) is 11.5. The third-order valence-corrected chi connectivity index (χ3v) is 4.67. The molecular formula is C14H24O2. The van der Waals surface area contributed by atoms with E-state index in [4.69, 9.17) is 4.74 Å². The Morgan fingerprint density at radius 1 is 1.50 bits per heavy atom. The number of carbonyl (C=O) groups excluding carboxylic acids is 1. The van der Waals surface area contributed by atoms with Crippen LogP contribution < -0.4 is 0 Å². The van der Waals surface area contributed by atoms with Gasteiger partial charge in [0.1, 0.15) is 6.10 Å². The third-order valence-electron chi connectivity index (χ3n) is 4.67. The van der Waals surface area contributed by atoms with Crippen molar-refractivity contribution in [3.8, 4) is 0 Å². The first kappa shape index (κ1) is 11.9. The Balaban J connectivity index is 1.98. The van der Waals surface area contributed by atoms with Gasteiger partial charge in [0.15, 0.2) is 0 Å². The van der Waals surface area contributed by atoms with Crippen LogP contribution in [0.4, 0.5) is 0 Å². The van der Waals surface area contributed by atoms with Crippen molar-refractivity contribution in [2.24, 2.45) is 17.3 Å². The lowest BCUT2D eigenvalue weighted by atomic mass is 9.66. The fourth-order valence-corrected chi connectivity index (χ4v) is 3.40. The van der Waals surface area contributed by atoms with Gasteiger partial charge in [0, 0.05) is 5.92 Å². The van der Waals surface area contributed by atoms with E-state index in [0.717, 1.165) is 6.42 Å². The molecule has 1 saturated heterocycles. The van der Waals surface area contributed by atoms with E-state index >= 15 is 0 Å². The quantitative estimate of drug-likeness (QED) is 0.685. The van der Waals surface area contributed by atoms with Gasteiger partial charge in [-0.15, -0.1) is 0 Å². The van der Waals surface area contributed by atoms with Crippen LogP contribution in [-0.4, -0.2) is 12.1 Å².